The first kappa shape index (κ1) is 21.1. The van der Waals surface area contributed by atoms with Gasteiger partial charge in [0.2, 0.25) is 5.76 Å². The van der Waals surface area contributed by atoms with E-state index in [1.165, 1.54) is 31.4 Å². The SMILES string of the molecule is COC(=O)c1ccc(CN2C(=O)N/C(=C\c3ccc(OCC(=O)O)c(Br)c3)C2=O)o1. The Balaban J connectivity index is 1.73. The number of rotatable bonds is 7. The number of methoxy groups -OCH3 is 1. The van der Waals surface area contributed by atoms with Gasteiger partial charge in [-0.25, -0.2) is 14.4 Å². The van der Waals surface area contributed by atoms with Crippen LogP contribution in [0.15, 0.2) is 44.9 Å². The van der Waals surface area contributed by atoms with Gasteiger partial charge >= 0.3 is 18.0 Å². The van der Waals surface area contributed by atoms with Crippen LogP contribution in [-0.2, 0) is 20.9 Å². The number of imide groups is 1. The lowest BCUT2D eigenvalue weighted by Crippen LogP contribution is -2.30. The Kier molecular flexibility index (Phi) is 6.21. The Hall–Kier alpha value is -3.60. The highest BCUT2D eigenvalue weighted by molar-refractivity contribution is 9.10. The number of carbonyl (C=O) groups excluding carboxylic acids is 3. The molecule has 0 radical (unpaired) electrons. The summed E-state index contributed by atoms with van der Waals surface area (Å²) in [5.74, 6) is -1.82. The largest absolute Gasteiger partial charge is 0.481 e. The van der Waals surface area contributed by atoms with Crippen LogP contribution in [0.1, 0.15) is 21.9 Å². The molecule has 1 aliphatic heterocycles. The van der Waals surface area contributed by atoms with Gasteiger partial charge in [-0.3, -0.25) is 9.69 Å². The van der Waals surface area contributed by atoms with Crippen LogP contribution in [-0.4, -0.2) is 47.6 Å². The molecule has 2 N–H and O–H groups in total. The highest BCUT2D eigenvalue weighted by Crippen LogP contribution is 2.27. The molecule has 0 unspecified atom stereocenters. The van der Waals surface area contributed by atoms with Crippen molar-refractivity contribution in [3.05, 3.63) is 57.6 Å². The molecule has 0 aliphatic carbocycles. The number of amides is 3. The number of esters is 1. The lowest BCUT2D eigenvalue weighted by molar-refractivity contribution is -0.139. The van der Waals surface area contributed by atoms with E-state index in [1.54, 1.807) is 12.1 Å². The van der Waals surface area contributed by atoms with Crippen molar-refractivity contribution < 1.29 is 38.2 Å². The fourth-order valence-electron chi connectivity index (χ4n) is 2.57. The molecule has 3 amide bonds. The van der Waals surface area contributed by atoms with Crippen molar-refractivity contribution in [3.63, 3.8) is 0 Å². The van der Waals surface area contributed by atoms with E-state index < -0.39 is 30.5 Å². The molecule has 1 aromatic heterocycles. The van der Waals surface area contributed by atoms with Gasteiger partial charge < -0.3 is 24.3 Å². The van der Waals surface area contributed by atoms with Crippen LogP contribution in [0.25, 0.3) is 6.08 Å². The summed E-state index contributed by atoms with van der Waals surface area (Å²) in [5.41, 5.74) is 0.617. The van der Waals surface area contributed by atoms with Crippen molar-refractivity contribution in [1.82, 2.24) is 10.2 Å². The smallest absolute Gasteiger partial charge is 0.373 e. The number of hydrogen-bond acceptors (Lipinski definition) is 7. The molecule has 1 fully saturated rings. The summed E-state index contributed by atoms with van der Waals surface area (Å²) in [5, 5.41) is 11.2. The molecule has 1 saturated heterocycles. The van der Waals surface area contributed by atoms with Crippen LogP contribution in [0.2, 0.25) is 0 Å². The first-order valence-corrected chi connectivity index (χ1v) is 9.23. The minimum Gasteiger partial charge on any atom is -0.481 e. The number of hydrogen-bond donors (Lipinski definition) is 2. The lowest BCUT2D eigenvalue weighted by Gasteiger charge is -2.09. The monoisotopic (exact) mass is 478 g/mol. The van der Waals surface area contributed by atoms with E-state index in [0.29, 0.717) is 15.8 Å². The van der Waals surface area contributed by atoms with Crippen molar-refractivity contribution in [2.45, 2.75) is 6.54 Å². The number of urea groups is 1. The zero-order valence-electron chi connectivity index (χ0n) is 15.5. The molecular formula is C19H15BrN2O8. The molecule has 0 bridgehead atoms. The molecular weight excluding hydrogens is 464 g/mol. The number of carboxylic acid groups (broad SMARTS) is 1. The van der Waals surface area contributed by atoms with Gasteiger partial charge in [0.25, 0.3) is 5.91 Å². The molecule has 0 atom stereocenters. The summed E-state index contributed by atoms with van der Waals surface area (Å²) in [6.07, 6.45) is 1.47. The molecule has 3 rings (SSSR count). The Morgan fingerprint density at radius 3 is 2.70 bits per heavy atom. The summed E-state index contributed by atoms with van der Waals surface area (Å²) < 4.78 is 15.4. The summed E-state index contributed by atoms with van der Waals surface area (Å²) in [7, 11) is 1.21. The Morgan fingerprint density at radius 2 is 2.03 bits per heavy atom. The second kappa shape index (κ2) is 8.82. The molecule has 2 aromatic rings. The summed E-state index contributed by atoms with van der Waals surface area (Å²) in [6, 6.07) is 6.98. The standard InChI is InChI=1S/C19H15BrN2O8/c1-28-18(26)15-5-3-11(30-15)8-22-17(25)13(21-19(22)27)7-10-2-4-14(12(20)6-10)29-9-16(23)24/h2-7H,8-9H2,1H3,(H,21,27)(H,23,24)/b13-7-. The second-order valence-corrected chi connectivity index (χ2v) is 6.86. The number of furan rings is 1. The van der Waals surface area contributed by atoms with Crippen LogP contribution in [0.5, 0.6) is 5.75 Å². The fourth-order valence-corrected chi connectivity index (χ4v) is 3.09. The highest BCUT2D eigenvalue weighted by atomic mass is 79.9. The van der Waals surface area contributed by atoms with Crippen molar-refractivity contribution >= 4 is 45.9 Å². The zero-order valence-corrected chi connectivity index (χ0v) is 17.1. The summed E-state index contributed by atoms with van der Waals surface area (Å²) >= 11 is 3.27. The van der Waals surface area contributed by atoms with Gasteiger partial charge in [-0.2, -0.15) is 0 Å². The molecule has 0 spiro atoms. The molecule has 30 heavy (non-hydrogen) atoms. The first-order chi connectivity index (χ1) is 14.3. The third-order valence-electron chi connectivity index (χ3n) is 3.94. The number of halogens is 1. The Bertz CT molecular complexity index is 1060. The number of nitrogens with one attached hydrogen (secondary N) is 1. The third-order valence-corrected chi connectivity index (χ3v) is 4.56. The van der Waals surface area contributed by atoms with E-state index in [-0.39, 0.29) is 23.8 Å². The predicted octanol–water partition coefficient (Wildman–Crippen LogP) is 2.38. The number of ether oxygens (including phenoxy) is 2. The normalized spacial score (nSPS) is 14.7. The summed E-state index contributed by atoms with van der Waals surface area (Å²) in [4.78, 5) is 47.8. The molecule has 10 nitrogen and oxygen atoms in total. The number of aliphatic carboxylic acids is 1. The fraction of sp³-hybridized carbons (Fsp3) is 0.158. The van der Waals surface area contributed by atoms with Crippen LogP contribution in [0.4, 0.5) is 4.79 Å². The van der Waals surface area contributed by atoms with E-state index in [2.05, 4.69) is 26.0 Å². The van der Waals surface area contributed by atoms with Crippen molar-refractivity contribution in [1.29, 1.82) is 0 Å². The maximum atomic E-state index is 12.6. The number of carbonyl (C=O) groups is 4. The van der Waals surface area contributed by atoms with Gasteiger partial charge in [0.1, 0.15) is 17.2 Å². The zero-order chi connectivity index (χ0) is 21.8. The minimum atomic E-state index is -1.11. The quantitative estimate of drug-likeness (QED) is 0.351. The molecule has 0 saturated carbocycles. The number of carboxylic acids is 1. The number of benzene rings is 1. The average molecular weight is 479 g/mol. The Labute approximate surface area is 178 Å². The van der Waals surface area contributed by atoms with E-state index >= 15 is 0 Å². The van der Waals surface area contributed by atoms with Crippen molar-refractivity contribution in [3.8, 4) is 5.75 Å². The van der Waals surface area contributed by atoms with Crippen LogP contribution in [0.3, 0.4) is 0 Å². The molecule has 2 heterocycles. The molecule has 156 valence electrons. The predicted molar refractivity (Wildman–Crippen MR) is 104 cm³/mol. The van der Waals surface area contributed by atoms with Crippen molar-refractivity contribution in [2.75, 3.05) is 13.7 Å². The van der Waals surface area contributed by atoms with Gasteiger partial charge in [0.15, 0.2) is 6.61 Å². The van der Waals surface area contributed by atoms with Crippen molar-refractivity contribution in [2.24, 2.45) is 0 Å². The molecule has 11 heteroatoms. The van der Waals surface area contributed by atoms with Gasteiger partial charge in [0, 0.05) is 0 Å². The second-order valence-electron chi connectivity index (χ2n) is 6.01. The summed E-state index contributed by atoms with van der Waals surface area (Å²) in [6.45, 7) is -0.655. The average Bonchev–Trinajstić information content (AvgIpc) is 3.27. The topological polar surface area (TPSA) is 135 Å². The van der Waals surface area contributed by atoms with Crippen LogP contribution in [0, 0.1) is 0 Å². The highest BCUT2D eigenvalue weighted by Gasteiger charge is 2.34. The Morgan fingerprint density at radius 1 is 1.27 bits per heavy atom. The van der Waals surface area contributed by atoms with Crippen LogP contribution >= 0.6 is 15.9 Å². The van der Waals surface area contributed by atoms with Gasteiger partial charge in [-0.1, -0.05) is 6.07 Å². The van der Waals surface area contributed by atoms with E-state index in [4.69, 9.17) is 14.3 Å². The van der Waals surface area contributed by atoms with E-state index in [0.717, 1.165) is 4.90 Å². The molecule has 1 aliphatic rings. The molecule has 1 aromatic carbocycles. The third kappa shape index (κ3) is 4.69. The minimum absolute atomic E-state index is 0.0367. The van der Waals surface area contributed by atoms with Gasteiger partial charge in [-0.05, 0) is 51.8 Å². The maximum Gasteiger partial charge on any atom is 0.373 e. The number of nitrogens with zero attached hydrogens (tertiary/aromatic N) is 1. The van der Waals surface area contributed by atoms with E-state index in [1.807, 2.05) is 0 Å². The van der Waals surface area contributed by atoms with E-state index in [9.17, 15) is 19.2 Å². The lowest BCUT2D eigenvalue weighted by atomic mass is 10.2. The first-order valence-electron chi connectivity index (χ1n) is 8.44. The van der Waals surface area contributed by atoms with Gasteiger partial charge in [-0.15, -0.1) is 0 Å². The maximum absolute atomic E-state index is 12.6. The van der Waals surface area contributed by atoms with Gasteiger partial charge in [0.05, 0.1) is 18.1 Å². The van der Waals surface area contributed by atoms with Crippen LogP contribution < -0.4 is 10.1 Å².